The van der Waals surface area contributed by atoms with Gasteiger partial charge in [-0.25, -0.2) is 9.97 Å². The molecular formula is C28H33F9N2O2. The van der Waals surface area contributed by atoms with Crippen LogP contribution in [0.4, 0.5) is 39.5 Å². The van der Waals surface area contributed by atoms with Gasteiger partial charge in [0.15, 0.2) is 11.6 Å². The Morgan fingerprint density at radius 2 is 1.20 bits per heavy atom. The van der Waals surface area contributed by atoms with Crippen LogP contribution < -0.4 is 9.47 Å². The summed E-state index contributed by atoms with van der Waals surface area (Å²) in [4.78, 5) is 8.26. The minimum Gasteiger partial charge on any atom is -0.494 e. The first-order valence-electron chi connectivity index (χ1n) is 13.3. The van der Waals surface area contributed by atoms with Gasteiger partial charge in [0.25, 0.3) is 0 Å². The molecule has 1 heterocycles. The van der Waals surface area contributed by atoms with E-state index in [-0.39, 0.29) is 18.8 Å². The van der Waals surface area contributed by atoms with Crippen LogP contribution in [0.1, 0.15) is 64.7 Å². The standard InChI is InChI=1S/C28H33F9N2O2/c1-2-3-4-5-6-7-8-10-17-40-22-14-12-21(13-15-22)24-38-19-23(20-39-24)41-18-11-9-16-25(29,30)26(31,32)27(33,34)28(35,36)37/h5-6,12-15,19-20H,2-4,7-11,16-18H2,1H3/b6-5+. The van der Waals surface area contributed by atoms with Crippen LogP contribution in [0, 0.1) is 0 Å². The number of hydrogen-bond donors (Lipinski definition) is 0. The predicted octanol–water partition coefficient (Wildman–Crippen LogP) is 9.46. The van der Waals surface area contributed by atoms with Crippen molar-refractivity contribution in [3.63, 3.8) is 0 Å². The second-order valence-electron chi connectivity index (χ2n) is 9.38. The van der Waals surface area contributed by atoms with Crippen LogP contribution >= 0.6 is 0 Å². The van der Waals surface area contributed by atoms with E-state index in [0.717, 1.165) is 25.7 Å². The van der Waals surface area contributed by atoms with Gasteiger partial charge in [-0.15, -0.1) is 0 Å². The molecule has 0 radical (unpaired) electrons. The van der Waals surface area contributed by atoms with Gasteiger partial charge in [0, 0.05) is 12.0 Å². The topological polar surface area (TPSA) is 44.2 Å². The van der Waals surface area contributed by atoms with Crippen LogP contribution in [0.15, 0.2) is 48.8 Å². The highest BCUT2D eigenvalue weighted by Crippen LogP contribution is 2.54. The molecule has 0 aliphatic carbocycles. The molecule has 41 heavy (non-hydrogen) atoms. The highest BCUT2D eigenvalue weighted by atomic mass is 19.4. The van der Waals surface area contributed by atoms with Crippen LogP contribution in [0.2, 0.25) is 0 Å². The fourth-order valence-corrected chi connectivity index (χ4v) is 3.56. The lowest BCUT2D eigenvalue weighted by Crippen LogP contribution is -2.60. The van der Waals surface area contributed by atoms with Crippen LogP contribution in [0.5, 0.6) is 11.5 Å². The average molecular weight is 601 g/mol. The highest BCUT2D eigenvalue weighted by Gasteiger charge is 2.81. The lowest BCUT2D eigenvalue weighted by atomic mass is 9.99. The molecule has 0 fully saturated rings. The van der Waals surface area contributed by atoms with Crippen LogP contribution in [-0.4, -0.2) is 47.1 Å². The van der Waals surface area contributed by atoms with E-state index in [4.69, 9.17) is 9.47 Å². The molecule has 1 aromatic heterocycles. The number of ether oxygens (including phenoxy) is 2. The predicted molar refractivity (Wildman–Crippen MR) is 136 cm³/mol. The van der Waals surface area contributed by atoms with Gasteiger partial charge in [-0.3, -0.25) is 0 Å². The van der Waals surface area contributed by atoms with Crippen molar-refractivity contribution in [3.8, 4) is 22.9 Å². The summed E-state index contributed by atoms with van der Waals surface area (Å²) in [6, 6.07) is 7.08. The van der Waals surface area contributed by atoms with Crippen molar-refractivity contribution in [3.05, 3.63) is 48.8 Å². The Hall–Kier alpha value is -2.99. The molecule has 4 nitrogen and oxygen atoms in total. The van der Waals surface area contributed by atoms with Gasteiger partial charge in [-0.1, -0.05) is 31.9 Å². The van der Waals surface area contributed by atoms with Gasteiger partial charge in [0.2, 0.25) is 0 Å². The summed E-state index contributed by atoms with van der Waals surface area (Å²) in [6.07, 6.45) is 3.64. The number of nitrogens with zero attached hydrogens (tertiary/aromatic N) is 2. The third-order valence-electron chi connectivity index (χ3n) is 6.03. The summed E-state index contributed by atoms with van der Waals surface area (Å²) in [5.74, 6) is -17.9. The van der Waals surface area contributed by atoms with E-state index < -0.39 is 36.8 Å². The normalized spacial score (nSPS) is 13.1. The number of rotatable bonds is 18. The molecule has 0 atom stereocenters. The molecule has 0 saturated heterocycles. The van der Waals surface area contributed by atoms with E-state index in [0.29, 0.717) is 23.7 Å². The average Bonchev–Trinajstić information content (AvgIpc) is 2.92. The monoisotopic (exact) mass is 600 g/mol. The molecule has 0 unspecified atom stereocenters. The maximum atomic E-state index is 13.6. The zero-order valence-electron chi connectivity index (χ0n) is 22.5. The van der Waals surface area contributed by atoms with Gasteiger partial charge in [0.05, 0.1) is 25.6 Å². The summed E-state index contributed by atoms with van der Waals surface area (Å²) in [7, 11) is 0. The third-order valence-corrected chi connectivity index (χ3v) is 6.03. The molecular weight excluding hydrogens is 567 g/mol. The Bertz CT molecular complexity index is 1060. The van der Waals surface area contributed by atoms with Crippen molar-refractivity contribution >= 4 is 0 Å². The number of benzene rings is 1. The van der Waals surface area contributed by atoms with Crippen LogP contribution in [-0.2, 0) is 0 Å². The Kier molecular flexibility index (Phi) is 12.8. The molecule has 0 aliphatic rings. The Labute approximate surface area is 233 Å². The minimum absolute atomic E-state index is 0.120. The molecule has 1 aromatic carbocycles. The third kappa shape index (κ3) is 9.81. The second kappa shape index (κ2) is 15.3. The largest absolute Gasteiger partial charge is 0.494 e. The molecule has 0 bridgehead atoms. The van der Waals surface area contributed by atoms with E-state index in [1.807, 2.05) is 0 Å². The first-order valence-corrected chi connectivity index (χ1v) is 13.3. The molecule has 2 aromatic rings. The summed E-state index contributed by atoms with van der Waals surface area (Å²) in [6.45, 7) is 2.45. The molecule has 0 amide bonds. The minimum atomic E-state index is -6.88. The Morgan fingerprint density at radius 1 is 0.659 bits per heavy atom. The van der Waals surface area contributed by atoms with E-state index in [1.165, 1.54) is 25.2 Å². The number of alkyl halides is 9. The zero-order valence-corrected chi connectivity index (χ0v) is 22.5. The van der Waals surface area contributed by atoms with Crippen molar-refractivity contribution in [1.82, 2.24) is 9.97 Å². The second-order valence-corrected chi connectivity index (χ2v) is 9.38. The zero-order chi connectivity index (χ0) is 30.6. The number of allylic oxidation sites excluding steroid dienone is 2. The SMILES string of the molecule is CCCC/C=C/CCCCOc1ccc(-c2ncc(OCCCCC(F)(F)C(F)(F)C(F)(F)C(F)(F)F)cn2)cc1. The van der Waals surface area contributed by atoms with Gasteiger partial charge >= 0.3 is 23.9 Å². The number of halogens is 9. The Balaban J connectivity index is 1.73. The van der Waals surface area contributed by atoms with E-state index in [9.17, 15) is 39.5 Å². The number of hydrogen-bond acceptors (Lipinski definition) is 4. The fourth-order valence-electron chi connectivity index (χ4n) is 3.56. The smallest absolute Gasteiger partial charge is 0.460 e. The van der Waals surface area contributed by atoms with E-state index >= 15 is 0 Å². The van der Waals surface area contributed by atoms with Crippen molar-refractivity contribution in [2.75, 3.05) is 13.2 Å². The summed E-state index contributed by atoms with van der Waals surface area (Å²) >= 11 is 0. The Morgan fingerprint density at radius 3 is 1.76 bits per heavy atom. The van der Waals surface area contributed by atoms with Gasteiger partial charge in [0.1, 0.15) is 5.75 Å². The van der Waals surface area contributed by atoms with E-state index in [2.05, 4.69) is 29.0 Å². The van der Waals surface area contributed by atoms with Crippen molar-refractivity contribution in [2.45, 2.75) is 88.7 Å². The molecule has 0 N–H and O–H groups in total. The molecule has 0 saturated carbocycles. The number of unbranched alkanes of at least 4 members (excludes halogenated alkanes) is 5. The number of aromatic nitrogens is 2. The van der Waals surface area contributed by atoms with E-state index in [1.54, 1.807) is 24.3 Å². The molecule has 13 heteroatoms. The fraction of sp³-hybridized carbons (Fsp3) is 0.571. The summed E-state index contributed by atoms with van der Waals surface area (Å²) in [5.41, 5.74) is 0.680. The maximum Gasteiger partial charge on any atom is 0.460 e. The molecule has 2 rings (SSSR count). The lowest BCUT2D eigenvalue weighted by molar-refractivity contribution is -0.396. The maximum absolute atomic E-state index is 13.6. The van der Waals surface area contributed by atoms with Crippen molar-refractivity contribution < 1.29 is 49.0 Å². The quantitative estimate of drug-likeness (QED) is 0.0972. The van der Waals surface area contributed by atoms with Gasteiger partial charge in [-0.05, 0) is 62.8 Å². The highest BCUT2D eigenvalue weighted by molar-refractivity contribution is 5.56. The first-order chi connectivity index (χ1) is 19.2. The molecule has 0 spiro atoms. The van der Waals surface area contributed by atoms with Crippen molar-refractivity contribution in [1.29, 1.82) is 0 Å². The van der Waals surface area contributed by atoms with Gasteiger partial charge in [-0.2, -0.15) is 39.5 Å². The van der Waals surface area contributed by atoms with Crippen LogP contribution in [0.25, 0.3) is 11.4 Å². The van der Waals surface area contributed by atoms with Gasteiger partial charge < -0.3 is 9.47 Å². The molecule has 0 aliphatic heterocycles. The summed E-state index contributed by atoms with van der Waals surface area (Å²) < 4.78 is 127. The van der Waals surface area contributed by atoms with Crippen LogP contribution in [0.3, 0.4) is 0 Å². The van der Waals surface area contributed by atoms with Crippen molar-refractivity contribution in [2.24, 2.45) is 0 Å². The summed E-state index contributed by atoms with van der Waals surface area (Å²) in [5, 5.41) is 0. The first kappa shape index (κ1) is 34.2. The molecule has 230 valence electrons. The lowest BCUT2D eigenvalue weighted by Gasteiger charge is -2.33.